The van der Waals surface area contributed by atoms with Crippen LogP contribution in [0.2, 0.25) is 0 Å². The third-order valence-corrected chi connectivity index (χ3v) is 4.37. The van der Waals surface area contributed by atoms with Gasteiger partial charge in [-0.3, -0.25) is 0 Å². The number of ether oxygens (including phenoxy) is 1. The molecule has 1 atom stereocenters. The van der Waals surface area contributed by atoms with Gasteiger partial charge in [0.25, 0.3) is 0 Å². The van der Waals surface area contributed by atoms with Gasteiger partial charge in [-0.15, -0.1) is 0 Å². The van der Waals surface area contributed by atoms with E-state index in [1.165, 1.54) is 38.5 Å². The van der Waals surface area contributed by atoms with Crippen LogP contribution in [0.4, 0.5) is 0 Å². The van der Waals surface area contributed by atoms with Crippen molar-refractivity contribution >= 4 is 0 Å². The normalized spacial score (nSPS) is 18.6. The number of rotatable bonds is 7. The second-order valence-electron chi connectivity index (χ2n) is 6.24. The van der Waals surface area contributed by atoms with Gasteiger partial charge in [0, 0.05) is 12.6 Å². The maximum Gasteiger partial charge on any atom is 0.0900 e. The predicted octanol–water partition coefficient (Wildman–Crippen LogP) is 3.22. The topological polar surface area (TPSA) is 32.7 Å². The van der Waals surface area contributed by atoms with Crippen molar-refractivity contribution in [3.05, 3.63) is 35.9 Å². The summed E-state index contributed by atoms with van der Waals surface area (Å²) in [5, 5.41) is 10.1. The van der Waals surface area contributed by atoms with Crippen LogP contribution in [0.15, 0.2) is 30.3 Å². The highest BCUT2D eigenvalue weighted by atomic mass is 16.5. The average Bonchev–Trinajstić information content (AvgIpc) is 2.77. The summed E-state index contributed by atoms with van der Waals surface area (Å²) in [6.45, 7) is 1.69. The van der Waals surface area contributed by atoms with Crippen molar-refractivity contribution in [3.63, 3.8) is 0 Å². The minimum atomic E-state index is -0.401. The fourth-order valence-electron chi connectivity index (χ4n) is 3.12. The second-order valence-corrected chi connectivity index (χ2v) is 6.24. The molecule has 0 saturated heterocycles. The number of benzene rings is 1. The Hall–Kier alpha value is -0.900. The van der Waals surface area contributed by atoms with Crippen molar-refractivity contribution in [3.8, 4) is 0 Å². The number of nitrogens with zero attached hydrogens (tertiary/aromatic N) is 1. The number of aliphatic hydroxyl groups excluding tert-OH is 1. The fraction of sp³-hybridized carbons (Fsp3) is 0.667. The van der Waals surface area contributed by atoms with Crippen molar-refractivity contribution in [2.24, 2.45) is 0 Å². The van der Waals surface area contributed by atoms with E-state index in [9.17, 15) is 5.11 Å². The third-order valence-electron chi connectivity index (χ3n) is 4.37. The summed E-state index contributed by atoms with van der Waals surface area (Å²) in [4.78, 5) is 2.32. The number of aliphatic hydroxyl groups is 1. The maximum atomic E-state index is 10.1. The van der Waals surface area contributed by atoms with Crippen LogP contribution >= 0.6 is 0 Å². The fourth-order valence-corrected chi connectivity index (χ4v) is 3.12. The Kier molecular flexibility index (Phi) is 7.20. The van der Waals surface area contributed by atoms with E-state index in [-0.39, 0.29) is 0 Å². The predicted molar refractivity (Wildman–Crippen MR) is 86.2 cm³/mol. The van der Waals surface area contributed by atoms with Crippen LogP contribution in [0.1, 0.15) is 44.1 Å². The molecule has 0 bridgehead atoms. The second kappa shape index (κ2) is 9.19. The molecule has 0 aromatic heterocycles. The van der Waals surface area contributed by atoms with Crippen LogP contribution in [0.3, 0.4) is 0 Å². The largest absolute Gasteiger partial charge is 0.389 e. The molecule has 1 aromatic rings. The first kappa shape index (κ1) is 16.5. The van der Waals surface area contributed by atoms with Gasteiger partial charge in [-0.2, -0.15) is 0 Å². The van der Waals surface area contributed by atoms with Crippen LogP contribution in [0, 0.1) is 0 Å². The van der Waals surface area contributed by atoms with Crippen molar-refractivity contribution in [2.45, 2.75) is 57.3 Å². The molecule has 1 aliphatic carbocycles. The van der Waals surface area contributed by atoms with Gasteiger partial charge in [0.15, 0.2) is 0 Å². The molecule has 1 fully saturated rings. The molecule has 2 rings (SSSR count). The summed E-state index contributed by atoms with van der Waals surface area (Å²) in [6, 6.07) is 10.7. The lowest BCUT2D eigenvalue weighted by atomic mass is 10.1. The van der Waals surface area contributed by atoms with E-state index in [4.69, 9.17) is 4.74 Å². The van der Waals surface area contributed by atoms with Gasteiger partial charge in [-0.25, -0.2) is 0 Å². The summed E-state index contributed by atoms with van der Waals surface area (Å²) in [5.74, 6) is 0. The zero-order chi connectivity index (χ0) is 14.9. The van der Waals surface area contributed by atoms with Crippen LogP contribution < -0.4 is 0 Å². The first-order chi connectivity index (χ1) is 10.3. The van der Waals surface area contributed by atoms with E-state index in [0.29, 0.717) is 25.8 Å². The molecule has 1 aromatic carbocycles. The molecule has 3 nitrogen and oxygen atoms in total. The van der Waals surface area contributed by atoms with E-state index in [1.54, 1.807) is 0 Å². The molecular formula is C18H29NO2. The molecule has 0 amide bonds. The van der Waals surface area contributed by atoms with Crippen LogP contribution in [0.5, 0.6) is 0 Å². The minimum Gasteiger partial charge on any atom is -0.389 e. The Morgan fingerprint density at radius 1 is 1.14 bits per heavy atom. The lowest BCUT2D eigenvalue weighted by Gasteiger charge is -2.29. The summed E-state index contributed by atoms with van der Waals surface area (Å²) in [5.41, 5.74) is 1.15. The quantitative estimate of drug-likeness (QED) is 0.783. The lowest BCUT2D eigenvalue weighted by molar-refractivity contribution is 0.00651. The average molecular weight is 291 g/mol. The molecular weight excluding hydrogens is 262 g/mol. The monoisotopic (exact) mass is 291 g/mol. The zero-order valence-corrected chi connectivity index (χ0v) is 13.2. The van der Waals surface area contributed by atoms with Crippen LogP contribution in [-0.2, 0) is 11.3 Å². The Labute approximate surface area is 128 Å². The minimum absolute atomic E-state index is 0.401. The molecule has 0 heterocycles. The number of hydrogen-bond donors (Lipinski definition) is 1. The highest BCUT2D eigenvalue weighted by Gasteiger charge is 2.19. The van der Waals surface area contributed by atoms with Gasteiger partial charge in [0.05, 0.1) is 19.3 Å². The molecule has 3 heteroatoms. The smallest absolute Gasteiger partial charge is 0.0900 e. The van der Waals surface area contributed by atoms with Gasteiger partial charge in [-0.1, -0.05) is 56.0 Å². The highest BCUT2D eigenvalue weighted by molar-refractivity contribution is 5.13. The molecule has 1 N–H and O–H groups in total. The lowest BCUT2D eigenvalue weighted by Crippen LogP contribution is -2.39. The standard InChI is InChI=1S/C18H29NO2/c1-19(17-11-7-2-3-8-12-17)13-18(20)15-21-14-16-9-5-4-6-10-16/h4-6,9-10,17-18,20H,2-3,7-8,11-15H2,1H3. The first-order valence-corrected chi connectivity index (χ1v) is 8.25. The Morgan fingerprint density at radius 3 is 2.48 bits per heavy atom. The number of likely N-dealkylation sites (N-methyl/N-ethyl adjacent to an activating group) is 1. The van der Waals surface area contributed by atoms with E-state index < -0.39 is 6.10 Å². The molecule has 0 spiro atoms. The summed E-state index contributed by atoms with van der Waals surface area (Å²) >= 11 is 0. The van der Waals surface area contributed by atoms with Crippen molar-refractivity contribution in [1.82, 2.24) is 4.90 Å². The zero-order valence-electron chi connectivity index (χ0n) is 13.2. The highest BCUT2D eigenvalue weighted by Crippen LogP contribution is 2.21. The van der Waals surface area contributed by atoms with Crippen LogP contribution in [0.25, 0.3) is 0 Å². The Balaban J connectivity index is 1.65. The van der Waals surface area contributed by atoms with Crippen molar-refractivity contribution in [2.75, 3.05) is 20.2 Å². The van der Waals surface area contributed by atoms with E-state index >= 15 is 0 Å². The van der Waals surface area contributed by atoms with Crippen molar-refractivity contribution < 1.29 is 9.84 Å². The van der Waals surface area contributed by atoms with Crippen LogP contribution in [-0.4, -0.2) is 42.4 Å². The number of hydrogen-bond acceptors (Lipinski definition) is 3. The van der Waals surface area contributed by atoms with Gasteiger partial charge in [0.1, 0.15) is 0 Å². The third kappa shape index (κ3) is 6.16. The molecule has 0 aliphatic heterocycles. The van der Waals surface area contributed by atoms with Gasteiger partial charge in [-0.05, 0) is 25.5 Å². The summed E-state index contributed by atoms with van der Waals surface area (Å²) in [6.07, 6.45) is 7.54. The molecule has 1 aliphatic rings. The molecule has 118 valence electrons. The Bertz CT molecular complexity index is 374. The molecule has 0 radical (unpaired) electrons. The SMILES string of the molecule is CN(CC(O)COCc1ccccc1)C1CCCCCC1. The summed E-state index contributed by atoms with van der Waals surface area (Å²) in [7, 11) is 2.14. The van der Waals surface area contributed by atoms with Gasteiger partial charge < -0.3 is 14.7 Å². The molecule has 1 saturated carbocycles. The van der Waals surface area contributed by atoms with Gasteiger partial charge >= 0.3 is 0 Å². The molecule has 1 unspecified atom stereocenters. The Morgan fingerprint density at radius 2 is 1.81 bits per heavy atom. The van der Waals surface area contributed by atoms with E-state index in [1.807, 2.05) is 30.3 Å². The molecule has 21 heavy (non-hydrogen) atoms. The summed E-state index contributed by atoms with van der Waals surface area (Å²) < 4.78 is 5.62. The first-order valence-electron chi connectivity index (χ1n) is 8.25. The van der Waals surface area contributed by atoms with Gasteiger partial charge in [0.2, 0.25) is 0 Å². The van der Waals surface area contributed by atoms with E-state index in [2.05, 4.69) is 11.9 Å². The van der Waals surface area contributed by atoms with E-state index in [0.717, 1.165) is 5.56 Å². The maximum absolute atomic E-state index is 10.1. The van der Waals surface area contributed by atoms with Crippen molar-refractivity contribution in [1.29, 1.82) is 0 Å².